The van der Waals surface area contributed by atoms with Crippen LogP contribution in [0.3, 0.4) is 0 Å². The molecule has 0 aromatic rings. The summed E-state index contributed by atoms with van der Waals surface area (Å²) in [5.74, 6) is -1.54. The Bertz CT molecular complexity index is 842. The predicted molar refractivity (Wildman–Crippen MR) is 113 cm³/mol. The number of ether oxygens (including phenoxy) is 2. The van der Waals surface area contributed by atoms with Gasteiger partial charge in [0.25, 0.3) is 0 Å². The summed E-state index contributed by atoms with van der Waals surface area (Å²) in [4.78, 5) is 23.3. The van der Waals surface area contributed by atoms with Crippen molar-refractivity contribution in [1.82, 2.24) is 0 Å². The molecular weight excluding hydrogens is 416 g/mol. The van der Waals surface area contributed by atoms with E-state index in [1.807, 2.05) is 0 Å². The average Bonchev–Trinajstić information content (AvgIpc) is 2.70. The highest BCUT2D eigenvalue weighted by Crippen LogP contribution is 2.73. The van der Waals surface area contributed by atoms with Crippen molar-refractivity contribution in [3.05, 3.63) is 12.2 Å². The molecular formula is C24H36O8. The van der Waals surface area contributed by atoms with Crippen LogP contribution in [-0.2, 0) is 19.1 Å². The molecule has 5 aliphatic carbocycles. The van der Waals surface area contributed by atoms with Gasteiger partial charge < -0.3 is 29.9 Å². The fourth-order valence-electron chi connectivity index (χ4n) is 8.14. The van der Waals surface area contributed by atoms with Crippen molar-refractivity contribution in [2.45, 2.75) is 89.8 Å². The first-order valence-electron chi connectivity index (χ1n) is 11.5. The Balaban J connectivity index is 1.82. The largest absolute Gasteiger partial charge is 0.465 e. The quantitative estimate of drug-likeness (QED) is 0.369. The maximum absolute atomic E-state index is 12.3. The lowest BCUT2D eigenvalue weighted by molar-refractivity contribution is -0.355. The lowest BCUT2D eigenvalue weighted by atomic mass is 9.33. The smallest absolute Gasteiger partial charge is 0.302 e. The van der Waals surface area contributed by atoms with Crippen molar-refractivity contribution in [3.63, 3.8) is 0 Å². The predicted octanol–water partition coefficient (Wildman–Crippen LogP) is 1.09. The number of aliphatic hydroxyl groups is 4. The van der Waals surface area contributed by atoms with Crippen LogP contribution in [0.2, 0.25) is 0 Å². The van der Waals surface area contributed by atoms with Gasteiger partial charge in [-0.05, 0) is 43.6 Å². The molecule has 0 radical (unpaired) electrons. The van der Waals surface area contributed by atoms with E-state index >= 15 is 0 Å². The van der Waals surface area contributed by atoms with Crippen molar-refractivity contribution in [3.8, 4) is 0 Å². The number of carbonyl (C=O) groups excluding carboxylic acids is 2. The van der Waals surface area contributed by atoms with Crippen LogP contribution in [0.4, 0.5) is 0 Å². The van der Waals surface area contributed by atoms with Gasteiger partial charge in [-0.15, -0.1) is 0 Å². The summed E-state index contributed by atoms with van der Waals surface area (Å²) in [6, 6.07) is 0. The van der Waals surface area contributed by atoms with Gasteiger partial charge in [-0.25, -0.2) is 0 Å². The van der Waals surface area contributed by atoms with Crippen LogP contribution in [0.1, 0.15) is 59.8 Å². The van der Waals surface area contributed by atoms with E-state index in [-0.39, 0.29) is 24.9 Å². The Morgan fingerprint density at radius 2 is 1.75 bits per heavy atom. The van der Waals surface area contributed by atoms with Crippen LogP contribution in [0, 0.1) is 28.1 Å². The summed E-state index contributed by atoms with van der Waals surface area (Å²) < 4.78 is 10.9. The Kier molecular flexibility index (Phi) is 5.37. The second kappa shape index (κ2) is 7.26. The van der Waals surface area contributed by atoms with Crippen molar-refractivity contribution in [2.24, 2.45) is 28.1 Å². The second-order valence-corrected chi connectivity index (χ2v) is 11.1. The average molecular weight is 453 g/mol. The molecule has 0 heterocycles. The minimum atomic E-state index is -1.75. The second-order valence-electron chi connectivity index (χ2n) is 11.1. The first kappa shape index (κ1) is 23.7. The summed E-state index contributed by atoms with van der Waals surface area (Å²) in [5.41, 5.74) is -4.24. The molecule has 0 amide bonds. The van der Waals surface area contributed by atoms with Crippen molar-refractivity contribution >= 4 is 11.9 Å². The molecule has 8 heteroatoms. The summed E-state index contributed by atoms with van der Waals surface area (Å²) in [6.07, 6.45) is -2.02. The van der Waals surface area contributed by atoms with Crippen LogP contribution < -0.4 is 0 Å². The number of esters is 2. The molecule has 5 saturated carbocycles. The van der Waals surface area contributed by atoms with Crippen LogP contribution in [0.15, 0.2) is 12.2 Å². The number of fused-ring (bicyclic) bond motifs is 3. The molecule has 5 aliphatic rings. The Labute approximate surface area is 188 Å². The maximum Gasteiger partial charge on any atom is 0.302 e. The lowest BCUT2D eigenvalue weighted by Crippen LogP contribution is -2.81. The van der Waals surface area contributed by atoms with Crippen molar-refractivity contribution in [2.75, 3.05) is 6.61 Å². The molecule has 180 valence electrons. The van der Waals surface area contributed by atoms with Crippen LogP contribution in [0.25, 0.3) is 0 Å². The highest BCUT2D eigenvalue weighted by molar-refractivity contribution is 5.66. The summed E-state index contributed by atoms with van der Waals surface area (Å²) in [5, 5.41) is 46.4. The maximum atomic E-state index is 12.3. The highest BCUT2D eigenvalue weighted by atomic mass is 16.5. The summed E-state index contributed by atoms with van der Waals surface area (Å²) in [6.45, 7) is 10.2. The van der Waals surface area contributed by atoms with Crippen LogP contribution in [-0.4, -0.2) is 69.0 Å². The zero-order valence-corrected chi connectivity index (χ0v) is 19.3. The van der Waals surface area contributed by atoms with Crippen molar-refractivity contribution in [1.29, 1.82) is 0 Å². The lowest BCUT2D eigenvalue weighted by Gasteiger charge is -2.74. The number of hydrogen-bond acceptors (Lipinski definition) is 8. The van der Waals surface area contributed by atoms with E-state index in [2.05, 4.69) is 6.58 Å². The molecule has 0 saturated heterocycles. The van der Waals surface area contributed by atoms with Gasteiger partial charge in [-0.1, -0.05) is 20.4 Å². The molecule has 0 aliphatic heterocycles. The topological polar surface area (TPSA) is 134 Å². The zero-order valence-electron chi connectivity index (χ0n) is 19.3. The highest BCUT2D eigenvalue weighted by Gasteiger charge is 2.78. The number of rotatable bonds is 3. The molecule has 0 unspecified atom stereocenters. The number of hydrogen-bond donors (Lipinski definition) is 4. The van der Waals surface area contributed by atoms with Crippen LogP contribution >= 0.6 is 0 Å². The van der Waals surface area contributed by atoms with Crippen molar-refractivity contribution < 1.29 is 39.5 Å². The fraction of sp³-hybridized carbons (Fsp3) is 0.833. The minimum Gasteiger partial charge on any atom is -0.465 e. The molecule has 4 N–H and O–H groups in total. The van der Waals surface area contributed by atoms with Gasteiger partial charge in [-0.3, -0.25) is 9.59 Å². The van der Waals surface area contributed by atoms with E-state index in [4.69, 9.17) is 9.47 Å². The molecule has 8 nitrogen and oxygen atoms in total. The third kappa shape index (κ3) is 2.76. The Morgan fingerprint density at radius 1 is 1.09 bits per heavy atom. The van der Waals surface area contributed by atoms with Gasteiger partial charge in [0.2, 0.25) is 0 Å². The molecule has 32 heavy (non-hydrogen) atoms. The number of aliphatic hydroxyl groups excluding tert-OH is 3. The molecule has 10 atom stereocenters. The first-order valence-corrected chi connectivity index (χ1v) is 11.5. The van der Waals surface area contributed by atoms with E-state index in [1.165, 1.54) is 13.8 Å². The standard InChI is InChI=1S/C24H36O8/c1-12-15-8-17-22(5)18(27)6-7-21(4,11-31-13(2)25)24(22,30)19(28)10-23(17,20(12)29)9-16(15)32-14(3)26/h15-20,27-30H,1,6-11H2,2-5H3/t15-,16+,17+,18-,19-,20-,21+,22-,23-,24+/m1/s1. The SMILES string of the molecule is C=C1[C@H]2C[C@@H]3[C@@](C[C@@H]2OC(C)=O)(C[C@@H](O)[C@]2(O)[C@](C)(COC(C)=O)CC[C@@H](O)[C@@]32C)[C@@H]1O. The third-order valence-electron chi connectivity index (χ3n) is 9.68. The Morgan fingerprint density at radius 3 is 2.34 bits per heavy atom. The van der Waals surface area contributed by atoms with E-state index in [0.717, 1.165) is 0 Å². The van der Waals surface area contributed by atoms with Gasteiger partial charge in [-0.2, -0.15) is 0 Å². The fourth-order valence-corrected chi connectivity index (χ4v) is 8.14. The molecule has 2 bridgehead atoms. The van der Waals surface area contributed by atoms with Gasteiger partial charge in [0, 0.05) is 36.0 Å². The van der Waals surface area contributed by atoms with E-state index in [0.29, 0.717) is 31.3 Å². The van der Waals surface area contributed by atoms with Crippen LogP contribution in [0.5, 0.6) is 0 Å². The molecule has 5 fully saturated rings. The zero-order chi connectivity index (χ0) is 23.9. The molecule has 0 aromatic carbocycles. The van der Waals surface area contributed by atoms with E-state index < -0.39 is 58.2 Å². The number of carbonyl (C=O) groups is 2. The first-order chi connectivity index (χ1) is 14.7. The van der Waals surface area contributed by atoms with Gasteiger partial charge in [0.15, 0.2) is 0 Å². The summed E-state index contributed by atoms with van der Waals surface area (Å²) in [7, 11) is 0. The normalized spacial score (nSPS) is 52.1. The Hall–Kier alpha value is -1.48. The van der Waals surface area contributed by atoms with Gasteiger partial charge in [0.05, 0.1) is 24.9 Å². The van der Waals surface area contributed by atoms with Gasteiger partial charge >= 0.3 is 11.9 Å². The van der Waals surface area contributed by atoms with E-state index in [9.17, 15) is 30.0 Å². The third-order valence-corrected chi connectivity index (χ3v) is 9.68. The minimum absolute atomic E-state index is 0.0663. The van der Waals surface area contributed by atoms with Gasteiger partial charge in [0.1, 0.15) is 11.7 Å². The molecule has 1 spiro atoms. The monoisotopic (exact) mass is 452 g/mol. The molecule has 5 rings (SSSR count). The molecule has 0 aromatic heterocycles. The summed E-state index contributed by atoms with van der Waals surface area (Å²) >= 11 is 0. The van der Waals surface area contributed by atoms with E-state index in [1.54, 1.807) is 13.8 Å².